The van der Waals surface area contributed by atoms with Crippen LogP contribution < -0.4 is 14.5 Å². The third-order valence-electron chi connectivity index (χ3n) is 5.86. The Morgan fingerprint density at radius 2 is 1.87 bits per heavy atom. The number of amides is 1. The third kappa shape index (κ3) is 3.56. The van der Waals surface area contributed by atoms with Gasteiger partial charge in [0.15, 0.2) is 5.13 Å². The molecule has 2 saturated heterocycles. The largest absolute Gasteiger partial charge is 0.494 e. The van der Waals surface area contributed by atoms with E-state index in [0.717, 1.165) is 71.1 Å². The molecule has 156 valence electrons. The Hall–Kier alpha value is -2.51. The van der Waals surface area contributed by atoms with E-state index in [1.807, 2.05) is 35.2 Å². The number of hydrogen-bond acceptors (Lipinski definition) is 6. The number of aromatic nitrogens is 1. The highest BCUT2D eigenvalue weighted by Crippen LogP contribution is 2.37. The van der Waals surface area contributed by atoms with E-state index in [1.54, 1.807) is 18.4 Å². The number of carbonyl (C=O) groups is 1. The van der Waals surface area contributed by atoms with Gasteiger partial charge in [0.1, 0.15) is 11.3 Å². The molecule has 0 bridgehead atoms. The van der Waals surface area contributed by atoms with Crippen molar-refractivity contribution in [3.63, 3.8) is 0 Å². The molecule has 2 aromatic carbocycles. The second kappa shape index (κ2) is 7.96. The predicted octanol–water partition coefficient (Wildman–Crippen LogP) is 3.74. The zero-order chi connectivity index (χ0) is 20.7. The van der Waals surface area contributed by atoms with Crippen LogP contribution in [0.4, 0.5) is 10.8 Å². The number of thiazole rings is 1. The Balaban J connectivity index is 1.18. The number of hydrogen-bond donors (Lipinski definition) is 0. The van der Waals surface area contributed by atoms with Crippen LogP contribution in [0.1, 0.15) is 0 Å². The second-order valence-electron chi connectivity index (χ2n) is 7.70. The van der Waals surface area contributed by atoms with Gasteiger partial charge in [-0.05, 0) is 30.3 Å². The number of halogens is 1. The van der Waals surface area contributed by atoms with E-state index in [4.69, 9.17) is 21.3 Å². The maximum Gasteiger partial charge on any atom is 0.229 e. The van der Waals surface area contributed by atoms with Gasteiger partial charge in [0.2, 0.25) is 5.91 Å². The number of rotatable bonds is 4. The van der Waals surface area contributed by atoms with Crippen molar-refractivity contribution < 1.29 is 9.53 Å². The number of nitrogens with zero attached hydrogens (tertiary/aromatic N) is 4. The first kappa shape index (κ1) is 19.5. The number of fused-ring (bicyclic) bond motifs is 1. The second-order valence-corrected chi connectivity index (χ2v) is 9.14. The molecule has 1 aromatic heterocycles. The van der Waals surface area contributed by atoms with Crippen LogP contribution in [0, 0.1) is 5.92 Å². The average Bonchev–Trinajstić information content (AvgIpc) is 3.16. The lowest BCUT2D eigenvalue weighted by molar-refractivity contribution is -0.136. The maximum atomic E-state index is 12.9. The van der Waals surface area contributed by atoms with Gasteiger partial charge in [-0.1, -0.05) is 35.1 Å². The first-order valence-electron chi connectivity index (χ1n) is 10.1. The van der Waals surface area contributed by atoms with Gasteiger partial charge in [0.25, 0.3) is 0 Å². The Bertz CT molecular complexity index is 1070. The van der Waals surface area contributed by atoms with Crippen molar-refractivity contribution in [3.05, 3.63) is 47.5 Å². The molecule has 6 nitrogen and oxygen atoms in total. The fraction of sp³-hybridized carbons (Fsp3) is 0.364. The number of anilines is 2. The van der Waals surface area contributed by atoms with Crippen molar-refractivity contribution in [1.82, 2.24) is 9.88 Å². The molecule has 3 heterocycles. The van der Waals surface area contributed by atoms with E-state index in [0.29, 0.717) is 0 Å². The van der Waals surface area contributed by atoms with Crippen molar-refractivity contribution >= 4 is 49.9 Å². The van der Waals surface area contributed by atoms with Crippen molar-refractivity contribution in [2.75, 3.05) is 56.2 Å². The van der Waals surface area contributed by atoms with Gasteiger partial charge in [0, 0.05) is 50.0 Å². The molecule has 0 atom stereocenters. The van der Waals surface area contributed by atoms with Gasteiger partial charge < -0.3 is 19.4 Å². The summed E-state index contributed by atoms with van der Waals surface area (Å²) in [5.74, 6) is 1.10. The molecule has 0 spiro atoms. The fourth-order valence-electron chi connectivity index (χ4n) is 4.12. The predicted molar refractivity (Wildman–Crippen MR) is 122 cm³/mol. The number of benzene rings is 2. The minimum atomic E-state index is 0.0524. The molecule has 0 radical (unpaired) electrons. The topological polar surface area (TPSA) is 48.9 Å². The van der Waals surface area contributed by atoms with Gasteiger partial charge >= 0.3 is 0 Å². The van der Waals surface area contributed by atoms with Gasteiger partial charge in [-0.15, -0.1) is 0 Å². The molecule has 0 saturated carbocycles. The number of para-hydroxylation sites is 1. The fourth-order valence-corrected chi connectivity index (χ4v) is 5.30. The Kier molecular flexibility index (Phi) is 5.16. The van der Waals surface area contributed by atoms with Crippen molar-refractivity contribution in [3.8, 4) is 5.75 Å². The normalized spacial score (nSPS) is 17.3. The molecule has 0 N–H and O–H groups in total. The quantitative estimate of drug-likeness (QED) is 0.616. The van der Waals surface area contributed by atoms with E-state index < -0.39 is 0 Å². The lowest BCUT2D eigenvalue weighted by Crippen LogP contribution is -2.58. The first-order chi connectivity index (χ1) is 14.6. The van der Waals surface area contributed by atoms with Crippen LogP contribution >= 0.6 is 22.9 Å². The SMILES string of the molecule is COc1cccc2sc(N3CC(C(=O)N4CCN(c5cccc(Cl)c5)CC4)C3)nc12. The number of carbonyl (C=O) groups excluding carboxylic acids is 1. The van der Waals surface area contributed by atoms with Crippen LogP contribution in [0.15, 0.2) is 42.5 Å². The molecule has 3 aromatic rings. The van der Waals surface area contributed by atoms with E-state index in [-0.39, 0.29) is 11.8 Å². The summed E-state index contributed by atoms with van der Waals surface area (Å²) in [5, 5.41) is 1.71. The summed E-state index contributed by atoms with van der Waals surface area (Å²) >= 11 is 7.76. The van der Waals surface area contributed by atoms with E-state index in [2.05, 4.69) is 21.9 Å². The van der Waals surface area contributed by atoms with Crippen molar-refractivity contribution in [2.24, 2.45) is 5.92 Å². The molecule has 2 aliphatic rings. The van der Waals surface area contributed by atoms with Crippen molar-refractivity contribution in [1.29, 1.82) is 0 Å². The van der Waals surface area contributed by atoms with Gasteiger partial charge in [-0.3, -0.25) is 4.79 Å². The van der Waals surface area contributed by atoms with Crippen LogP contribution in [0.3, 0.4) is 0 Å². The number of piperazine rings is 1. The van der Waals surface area contributed by atoms with Gasteiger partial charge in [-0.2, -0.15) is 0 Å². The summed E-state index contributed by atoms with van der Waals surface area (Å²) in [5.41, 5.74) is 2.02. The molecular weight excluding hydrogens is 420 g/mol. The highest BCUT2D eigenvalue weighted by Gasteiger charge is 2.37. The minimum Gasteiger partial charge on any atom is -0.494 e. The van der Waals surface area contributed by atoms with Gasteiger partial charge in [-0.25, -0.2) is 4.98 Å². The van der Waals surface area contributed by atoms with Crippen LogP contribution in [-0.4, -0.2) is 62.2 Å². The summed E-state index contributed by atoms with van der Waals surface area (Å²) in [6.45, 7) is 4.63. The highest BCUT2D eigenvalue weighted by atomic mass is 35.5. The molecule has 5 rings (SSSR count). The maximum absolute atomic E-state index is 12.9. The molecule has 2 aliphatic heterocycles. The zero-order valence-corrected chi connectivity index (χ0v) is 18.3. The number of methoxy groups -OCH3 is 1. The first-order valence-corrected chi connectivity index (χ1v) is 11.3. The highest BCUT2D eigenvalue weighted by molar-refractivity contribution is 7.22. The minimum absolute atomic E-state index is 0.0524. The Morgan fingerprint density at radius 1 is 1.10 bits per heavy atom. The molecule has 30 heavy (non-hydrogen) atoms. The smallest absolute Gasteiger partial charge is 0.229 e. The standard InChI is InChI=1S/C22H23ClN4O2S/c1-29-18-6-3-7-19-20(18)24-22(30-19)27-13-15(14-27)21(28)26-10-8-25(9-11-26)17-5-2-4-16(23)12-17/h2-7,12,15H,8-11,13-14H2,1H3. The lowest BCUT2D eigenvalue weighted by Gasteiger charge is -2.43. The summed E-state index contributed by atoms with van der Waals surface area (Å²) in [6, 6.07) is 13.9. The summed E-state index contributed by atoms with van der Waals surface area (Å²) in [6.07, 6.45) is 0. The summed E-state index contributed by atoms with van der Waals surface area (Å²) in [7, 11) is 1.66. The number of ether oxygens (including phenoxy) is 1. The third-order valence-corrected chi connectivity index (χ3v) is 7.17. The van der Waals surface area contributed by atoms with Gasteiger partial charge in [0.05, 0.1) is 17.7 Å². The average molecular weight is 443 g/mol. The Morgan fingerprint density at radius 3 is 2.60 bits per heavy atom. The van der Waals surface area contributed by atoms with Crippen LogP contribution in [-0.2, 0) is 4.79 Å². The molecule has 8 heteroatoms. The van der Waals surface area contributed by atoms with Crippen LogP contribution in [0.25, 0.3) is 10.2 Å². The van der Waals surface area contributed by atoms with E-state index in [1.165, 1.54) is 0 Å². The van der Waals surface area contributed by atoms with Crippen LogP contribution in [0.5, 0.6) is 5.75 Å². The molecule has 0 aliphatic carbocycles. The Labute approximate surface area is 184 Å². The summed E-state index contributed by atoms with van der Waals surface area (Å²) in [4.78, 5) is 24.2. The lowest BCUT2D eigenvalue weighted by atomic mass is 9.99. The molecule has 1 amide bonds. The molecule has 2 fully saturated rings. The van der Waals surface area contributed by atoms with E-state index in [9.17, 15) is 4.79 Å². The monoisotopic (exact) mass is 442 g/mol. The van der Waals surface area contributed by atoms with Crippen molar-refractivity contribution in [2.45, 2.75) is 0 Å². The summed E-state index contributed by atoms with van der Waals surface area (Å²) < 4.78 is 6.52. The molecule has 0 unspecified atom stereocenters. The zero-order valence-electron chi connectivity index (χ0n) is 16.8. The van der Waals surface area contributed by atoms with E-state index >= 15 is 0 Å². The van der Waals surface area contributed by atoms with Crippen LogP contribution in [0.2, 0.25) is 5.02 Å². The molecular formula is C22H23ClN4O2S.